The highest BCUT2D eigenvalue weighted by Crippen LogP contribution is 2.36. The summed E-state index contributed by atoms with van der Waals surface area (Å²) >= 11 is 1.33. The third-order valence-electron chi connectivity index (χ3n) is 5.73. The van der Waals surface area contributed by atoms with Crippen LogP contribution < -0.4 is 10.6 Å². The number of urea groups is 1. The van der Waals surface area contributed by atoms with Crippen molar-refractivity contribution in [3.8, 4) is 11.4 Å². The predicted octanol–water partition coefficient (Wildman–Crippen LogP) is 5.08. The van der Waals surface area contributed by atoms with Gasteiger partial charge in [-0.2, -0.15) is 0 Å². The van der Waals surface area contributed by atoms with Crippen LogP contribution in [0.3, 0.4) is 0 Å². The molecule has 0 unspecified atom stereocenters. The third kappa shape index (κ3) is 6.34. The van der Waals surface area contributed by atoms with Crippen LogP contribution in [0, 0.1) is 0 Å². The SMILES string of the molecule is CCCNC(=O)NC(=O)CSc1nnc(-c2ccc(C(C)(C)C)cc2)n1C1CCCCC1. The average molecular weight is 458 g/mol. The fourth-order valence-corrected chi connectivity index (χ4v) is 4.74. The number of rotatable bonds is 7. The molecule has 8 heteroatoms. The quantitative estimate of drug-likeness (QED) is 0.566. The van der Waals surface area contributed by atoms with Gasteiger partial charge in [0.25, 0.3) is 0 Å². The zero-order valence-electron chi connectivity index (χ0n) is 19.6. The smallest absolute Gasteiger partial charge is 0.321 e. The maximum atomic E-state index is 12.2. The van der Waals surface area contributed by atoms with E-state index in [4.69, 9.17) is 0 Å². The number of aromatic nitrogens is 3. The van der Waals surface area contributed by atoms with Crippen molar-refractivity contribution in [2.24, 2.45) is 0 Å². The van der Waals surface area contributed by atoms with Crippen molar-refractivity contribution in [1.82, 2.24) is 25.4 Å². The molecule has 3 rings (SSSR count). The molecule has 1 aromatic carbocycles. The van der Waals surface area contributed by atoms with Gasteiger partial charge in [0, 0.05) is 18.2 Å². The molecule has 2 N–H and O–H groups in total. The molecule has 1 aliphatic rings. The molecule has 32 heavy (non-hydrogen) atoms. The Balaban J connectivity index is 1.79. The molecule has 1 fully saturated rings. The summed E-state index contributed by atoms with van der Waals surface area (Å²) in [6.07, 6.45) is 6.63. The van der Waals surface area contributed by atoms with E-state index in [1.165, 1.54) is 36.6 Å². The predicted molar refractivity (Wildman–Crippen MR) is 129 cm³/mol. The van der Waals surface area contributed by atoms with Crippen molar-refractivity contribution in [3.05, 3.63) is 29.8 Å². The van der Waals surface area contributed by atoms with Crippen LogP contribution in [0.4, 0.5) is 4.79 Å². The Hall–Kier alpha value is -2.35. The van der Waals surface area contributed by atoms with Gasteiger partial charge in [-0.3, -0.25) is 14.7 Å². The lowest BCUT2D eigenvalue weighted by Gasteiger charge is -2.26. The first-order chi connectivity index (χ1) is 15.3. The summed E-state index contributed by atoms with van der Waals surface area (Å²) in [5.41, 5.74) is 2.40. The van der Waals surface area contributed by atoms with Crippen LogP contribution in [0.25, 0.3) is 11.4 Å². The van der Waals surface area contributed by atoms with Gasteiger partial charge in [-0.1, -0.05) is 83.0 Å². The molecule has 2 aromatic rings. The van der Waals surface area contributed by atoms with Crippen LogP contribution in [0.15, 0.2) is 29.4 Å². The summed E-state index contributed by atoms with van der Waals surface area (Å²) in [6.45, 7) is 9.11. The molecule has 1 saturated carbocycles. The number of carbonyl (C=O) groups excluding carboxylic acids is 2. The van der Waals surface area contributed by atoms with Gasteiger partial charge in [0.1, 0.15) is 0 Å². The molecule has 7 nitrogen and oxygen atoms in total. The first-order valence-corrected chi connectivity index (χ1v) is 12.5. The van der Waals surface area contributed by atoms with E-state index in [0.717, 1.165) is 35.8 Å². The van der Waals surface area contributed by atoms with Gasteiger partial charge in [-0.25, -0.2) is 4.79 Å². The van der Waals surface area contributed by atoms with Crippen LogP contribution in [0.1, 0.15) is 77.8 Å². The van der Waals surface area contributed by atoms with Gasteiger partial charge in [-0.05, 0) is 30.2 Å². The number of nitrogens with one attached hydrogen (secondary N) is 2. The highest BCUT2D eigenvalue weighted by atomic mass is 32.2. The zero-order chi connectivity index (χ0) is 23.1. The maximum absolute atomic E-state index is 12.2. The van der Waals surface area contributed by atoms with Gasteiger partial charge in [0.15, 0.2) is 11.0 Å². The summed E-state index contributed by atoms with van der Waals surface area (Å²) < 4.78 is 2.21. The zero-order valence-corrected chi connectivity index (χ0v) is 20.4. The van der Waals surface area contributed by atoms with E-state index in [9.17, 15) is 9.59 Å². The fraction of sp³-hybridized carbons (Fsp3) is 0.583. The molecule has 0 bridgehead atoms. The molecule has 0 aliphatic heterocycles. The maximum Gasteiger partial charge on any atom is 0.321 e. The number of benzene rings is 1. The highest BCUT2D eigenvalue weighted by molar-refractivity contribution is 7.99. The molecular weight excluding hydrogens is 422 g/mol. The Morgan fingerprint density at radius 1 is 1.09 bits per heavy atom. The standard InChI is InChI=1S/C24H35N5O2S/c1-5-15-25-22(31)26-20(30)16-32-23-28-27-21(29(23)19-9-7-6-8-10-19)17-11-13-18(14-12-17)24(2,3)4/h11-14,19H,5-10,15-16H2,1-4H3,(H2,25,26,30,31). The van der Waals surface area contributed by atoms with Crippen molar-refractivity contribution >= 4 is 23.7 Å². The first kappa shape index (κ1) is 24.3. The van der Waals surface area contributed by atoms with E-state index in [1.54, 1.807) is 0 Å². The molecule has 0 radical (unpaired) electrons. The van der Waals surface area contributed by atoms with Crippen LogP contribution in [0.2, 0.25) is 0 Å². The van der Waals surface area contributed by atoms with Gasteiger partial charge in [0.05, 0.1) is 5.75 Å². The third-order valence-corrected chi connectivity index (χ3v) is 6.68. The molecule has 0 saturated heterocycles. The second-order valence-electron chi connectivity index (χ2n) is 9.39. The minimum Gasteiger partial charge on any atom is -0.338 e. The molecule has 0 atom stereocenters. The lowest BCUT2D eigenvalue weighted by atomic mass is 9.86. The monoisotopic (exact) mass is 457 g/mol. The summed E-state index contributed by atoms with van der Waals surface area (Å²) in [7, 11) is 0. The average Bonchev–Trinajstić information content (AvgIpc) is 3.20. The Labute approximate surface area is 195 Å². The minimum atomic E-state index is -0.453. The van der Waals surface area contributed by atoms with Crippen LogP contribution in [-0.4, -0.2) is 39.0 Å². The van der Waals surface area contributed by atoms with Crippen LogP contribution in [0.5, 0.6) is 0 Å². The largest absolute Gasteiger partial charge is 0.338 e. The normalized spacial score (nSPS) is 14.9. The summed E-state index contributed by atoms with van der Waals surface area (Å²) in [5, 5.41) is 14.7. The second-order valence-corrected chi connectivity index (χ2v) is 10.3. The fourth-order valence-electron chi connectivity index (χ4n) is 3.94. The lowest BCUT2D eigenvalue weighted by molar-refractivity contribution is -0.117. The first-order valence-electron chi connectivity index (χ1n) is 11.6. The minimum absolute atomic E-state index is 0.0906. The van der Waals surface area contributed by atoms with Crippen molar-refractivity contribution < 1.29 is 9.59 Å². The van der Waals surface area contributed by atoms with Crippen LogP contribution in [-0.2, 0) is 10.2 Å². The molecular formula is C24H35N5O2S. The van der Waals surface area contributed by atoms with E-state index in [-0.39, 0.29) is 17.1 Å². The van der Waals surface area contributed by atoms with Gasteiger partial charge < -0.3 is 5.32 Å². The molecule has 1 aliphatic carbocycles. The van der Waals surface area contributed by atoms with Crippen LogP contribution >= 0.6 is 11.8 Å². The van der Waals surface area contributed by atoms with Crippen molar-refractivity contribution in [2.45, 2.75) is 82.8 Å². The molecule has 174 valence electrons. The van der Waals surface area contributed by atoms with Crippen molar-refractivity contribution in [3.63, 3.8) is 0 Å². The highest BCUT2D eigenvalue weighted by Gasteiger charge is 2.25. The number of imide groups is 1. The Morgan fingerprint density at radius 2 is 1.78 bits per heavy atom. The van der Waals surface area contributed by atoms with E-state index >= 15 is 0 Å². The molecule has 1 heterocycles. The second kappa shape index (κ2) is 11.0. The van der Waals surface area contributed by atoms with E-state index < -0.39 is 6.03 Å². The number of amides is 3. The van der Waals surface area contributed by atoms with E-state index in [0.29, 0.717) is 12.6 Å². The van der Waals surface area contributed by atoms with Gasteiger partial charge in [0.2, 0.25) is 5.91 Å². The molecule has 3 amide bonds. The molecule has 1 aromatic heterocycles. The van der Waals surface area contributed by atoms with Crippen molar-refractivity contribution in [1.29, 1.82) is 0 Å². The summed E-state index contributed by atoms with van der Waals surface area (Å²) in [5.74, 6) is 0.631. The van der Waals surface area contributed by atoms with Crippen molar-refractivity contribution in [2.75, 3.05) is 12.3 Å². The Morgan fingerprint density at radius 3 is 2.41 bits per heavy atom. The number of carbonyl (C=O) groups is 2. The van der Waals surface area contributed by atoms with E-state index in [1.807, 2.05) is 6.92 Å². The number of hydrogen-bond acceptors (Lipinski definition) is 5. The van der Waals surface area contributed by atoms with Gasteiger partial charge in [-0.15, -0.1) is 10.2 Å². The lowest BCUT2D eigenvalue weighted by Crippen LogP contribution is -2.40. The summed E-state index contributed by atoms with van der Waals surface area (Å²) in [4.78, 5) is 24.0. The number of hydrogen-bond donors (Lipinski definition) is 2. The topological polar surface area (TPSA) is 88.9 Å². The molecule has 0 spiro atoms. The Bertz CT molecular complexity index is 911. The number of nitrogens with zero attached hydrogens (tertiary/aromatic N) is 3. The van der Waals surface area contributed by atoms with Gasteiger partial charge >= 0.3 is 6.03 Å². The van der Waals surface area contributed by atoms with E-state index in [2.05, 4.69) is 70.4 Å². The Kier molecular flexibility index (Phi) is 8.34. The number of thioether (sulfide) groups is 1. The summed E-state index contributed by atoms with van der Waals surface area (Å²) in [6, 6.07) is 8.42.